The number of methoxy groups -OCH3 is 2. The van der Waals surface area contributed by atoms with Crippen LogP contribution >= 0.6 is 11.3 Å². The summed E-state index contributed by atoms with van der Waals surface area (Å²) >= 11 is 1.51. The van der Waals surface area contributed by atoms with E-state index in [4.69, 9.17) is 4.74 Å². The van der Waals surface area contributed by atoms with Gasteiger partial charge >= 0.3 is 5.97 Å². The summed E-state index contributed by atoms with van der Waals surface area (Å²) < 4.78 is 9.44. The van der Waals surface area contributed by atoms with Gasteiger partial charge in [-0.25, -0.2) is 4.79 Å². The molecular formula is C9H10O3S. The van der Waals surface area contributed by atoms with Crippen molar-refractivity contribution in [3.05, 3.63) is 22.4 Å². The fourth-order valence-electron chi connectivity index (χ4n) is 0.747. The Morgan fingerprint density at radius 1 is 1.54 bits per heavy atom. The average Bonchev–Trinajstić information content (AvgIpc) is 2.61. The molecule has 0 amide bonds. The first-order valence-electron chi connectivity index (χ1n) is 3.65. The minimum atomic E-state index is -0.354. The van der Waals surface area contributed by atoms with Crippen LogP contribution in [0.1, 0.15) is 4.88 Å². The molecule has 0 aliphatic heterocycles. The molecule has 0 fully saturated rings. The normalized spacial score (nSPS) is 10.3. The standard InChI is InChI=1S/C9H10O3S/c1-11-7-5-8(13-6-7)3-4-9(10)12-2/h3-6H,1-2H3. The summed E-state index contributed by atoms with van der Waals surface area (Å²) in [5.74, 6) is 0.446. The van der Waals surface area contributed by atoms with E-state index in [1.54, 1.807) is 13.2 Å². The summed E-state index contributed by atoms with van der Waals surface area (Å²) in [6.07, 6.45) is 3.07. The molecule has 0 radical (unpaired) electrons. The highest BCUT2D eigenvalue weighted by Gasteiger charge is 1.96. The fraction of sp³-hybridized carbons (Fsp3) is 0.222. The molecule has 0 aliphatic carbocycles. The third-order valence-electron chi connectivity index (χ3n) is 1.42. The van der Waals surface area contributed by atoms with Crippen molar-refractivity contribution in [3.8, 4) is 5.75 Å². The molecule has 0 atom stereocenters. The first-order valence-corrected chi connectivity index (χ1v) is 4.53. The summed E-state index contributed by atoms with van der Waals surface area (Å²) in [5, 5.41) is 1.87. The summed E-state index contributed by atoms with van der Waals surface area (Å²) in [6, 6.07) is 1.85. The SMILES string of the molecule is COC(=O)C=Cc1cc(OC)cs1. The zero-order valence-electron chi connectivity index (χ0n) is 7.44. The lowest BCUT2D eigenvalue weighted by molar-refractivity contribution is -0.134. The molecule has 0 unspecified atom stereocenters. The van der Waals surface area contributed by atoms with E-state index in [-0.39, 0.29) is 5.97 Å². The van der Waals surface area contributed by atoms with Gasteiger partial charge in [0.15, 0.2) is 0 Å². The number of ether oxygens (including phenoxy) is 2. The second-order valence-corrected chi connectivity index (χ2v) is 3.19. The molecule has 0 saturated carbocycles. The molecule has 13 heavy (non-hydrogen) atoms. The van der Waals surface area contributed by atoms with Crippen LogP contribution in [0.4, 0.5) is 0 Å². The third kappa shape index (κ3) is 2.91. The Morgan fingerprint density at radius 3 is 2.85 bits per heavy atom. The highest BCUT2D eigenvalue weighted by atomic mass is 32.1. The van der Waals surface area contributed by atoms with Crippen molar-refractivity contribution in [2.75, 3.05) is 14.2 Å². The number of carbonyl (C=O) groups is 1. The van der Waals surface area contributed by atoms with Crippen molar-refractivity contribution < 1.29 is 14.3 Å². The first kappa shape index (κ1) is 9.80. The van der Waals surface area contributed by atoms with Crippen LogP contribution in [0.3, 0.4) is 0 Å². The van der Waals surface area contributed by atoms with Gasteiger partial charge in [0.1, 0.15) is 5.75 Å². The van der Waals surface area contributed by atoms with Gasteiger partial charge in [-0.15, -0.1) is 11.3 Å². The smallest absolute Gasteiger partial charge is 0.330 e. The largest absolute Gasteiger partial charge is 0.496 e. The highest BCUT2D eigenvalue weighted by Crippen LogP contribution is 2.21. The maximum atomic E-state index is 10.7. The van der Waals surface area contributed by atoms with Crippen molar-refractivity contribution >= 4 is 23.4 Å². The van der Waals surface area contributed by atoms with E-state index in [0.717, 1.165) is 10.6 Å². The average molecular weight is 198 g/mol. The fourth-order valence-corrected chi connectivity index (χ4v) is 1.49. The van der Waals surface area contributed by atoms with Gasteiger partial charge in [-0.1, -0.05) is 0 Å². The second kappa shape index (κ2) is 4.67. The molecule has 0 spiro atoms. The quantitative estimate of drug-likeness (QED) is 0.550. The Labute approximate surface area is 80.6 Å². The van der Waals surface area contributed by atoms with Crippen LogP contribution in [-0.2, 0) is 9.53 Å². The molecule has 0 saturated heterocycles. The molecule has 1 aromatic heterocycles. The third-order valence-corrected chi connectivity index (χ3v) is 2.29. The topological polar surface area (TPSA) is 35.5 Å². The van der Waals surface area contributed by atoms with Crippen LogP contribution in [-0.4, -0.2) is 20.2 Å². The molecular weight excluding hydrogens is 188 g/mol. The van der Waals surface area contributed by atoms with E-state index >= 15 is 0 Å². The van der Waals surface area contributed by atoms with Gasteiger partial charge in [0.2, 0.25) is 0 Å². The lowest BCUT2D eigenvalue weighted by Gasteiger charge is -1.89. The molecule has 3 nitrogen and oxygen atoms in total. The number of hydrogen-bond acceptors (Lipinski definition) is 4. The molecule has 0 aromatic carbocycles. The van der Waals surface area contributed by atoms with E-state index < -0.39 is 0 Å². The van der Waals surface area contributed by atoms with E-state index in [1.165, 1.54) is 24.5 Å². The number of hydrogen-bond donors (Lipinski definition) is 0. The van der Waals surface area contributed by atoms with Gasteiger partial charge in [0, 0.05) is 16.3 Å². The zero-order valence-corrected chi connectivity index (χ0v) is 8.26. The number of rotatable bonds is 3. The van der Waals surface area contributed by atoms with Crippen molar-refractivity contribution in [1.29, 1.82) is 0 Å². The van der Waals surface area contributed by atoms with Gasteiger partial charge in [-0.2, -0.15) is 0 Å². The Balaban J connectivity index is 2.63. The summed E-state index contributed by atoms with van der Waals surface area (Å²) in [7, 11) is 2.96. The van der Waals surface area contributed by atoms with Crippen molar-refractivity contribution in [2.45, 2.75) is 0 Å². The van der Waals surface area contributed by atoms with Gasteiger partial charge in [-0.3, -0.25) is 0 Å². The molecule has 0 N–H and O–H groups in total. The maximum absolute atomic E-state index is 10.7. The molecule has 0 aliphatic rings. The summed E-state index contributed by atoms with van der Waals surface area (Å²) in [4.78, 5) is 11.7. The Kier molecular flexibility index (Phi) is 3.52. The number of carbonyl (C=O) groups excluding carboxylic acids is 1. The van der Waals surface area contributed by atoms with Crippen LogP contribution in [0.2, 0.25) is 0 Å². The first-order chi connectivity index (χ1) is 6.26. The second-order valence-electron chi connectivity index (χ2n) is 2.25. The van der Waals surface area contributed by atoms with Crippen LogP contribution in [0, 0.1) is 0 Å². The molecule has 0 bridgehead atoms. The zero-order chi connectivity index (χ0) is 9.68. The number of esters is 1. The Bertz CT molecular complexity index is 314. The summed E-state index contributed by atoms with van der Waals surface area (Å²) in [6.45, 7) is 0. The van der Waals surface area contributed by atoms with Crippen LogP contribution in [0.5, 0.6) is 5.75 Å². The molecule has 1 aromatic rings. The van der Waals surface area contributed by atoms with Gasteiger partial charge in [0.25, 0.3) is 0 Å². The lowest BCUT2D eigenvalue weighted by atomic mass is 10.4. The van der Waals surface area contributed by atoms with Gasteiger partial charge in [-0.05, 0) is 12.1 Å². The maximum Gasteiger partial charge on any atom is 0.330 e. The molecule has 4 heteroatoms. The predicted octanol–water partition coefficient (Wildman–Crippen LogP) is 1.94. The molecule has 70 valence electrons. The highest BCUT2D eigenvalue weighted by molar-refractivity contribution is 7.11. The molecule has 1 heterocycles. The monoisotopic (exact) mass is 198 g/mol. The number of thiophene rings is 1. The lowest BCUT2D eigenvalue weighted by Crippen LogP contribution is -1.92. The van der Waals surface area contributed by atoms with Crippen molar-refractivity contribution in [1.82, 2.24) is 0 Å². The van der Waals surface area contributed by atoms with Gasteiger partial charge in [0.05, 0.1) is 14.2 Å². The van der Waals surface area contributed by atoms with Crippen LogP contribution in [0.25, 0.3) is 6.08 Å². The van der Waals surface area contributed by atoms with Crippen LogP contribution in [0.15, 0.2) is 17.5 Å². The van der Waals surface area contributed by atoms with E-state index in [1.807, 2.05) is 11.4 Å². The summed E-state index contributed by atoms with van der Waals surface area (Å²) in [5.41, 5.74) is 0. The molecule has 1 rings (SSSR count). The minimum Gasteiger partial charge on any atom is -0.496 e. The van der Waals surface area contributed by atoms with Gasteiger partial charge < -0.3 is 9.47 Å². The van der Waals surface area contributed by atoms with Crippen molar-refractivity contribution in [3.63, 3.8) is 0 Å². The van der Waals surface area contributed by atoms with Crippen molar-refractivity contribution in [2.24, 2.45) is 0 Å². The van der Waals surface area contributed by atoms with E-state index in [2.05, 4.69) is 4.74 Å². The Morgan fingerprint density at radius 2 is 2.31 bits per heavy atom. The minimum absolute atomic E-state index is 0.354. The van der Waals surface area contributed by atoms with Crippen LogP contribution < -0.4 is 4.74 Å². The predicted molar refractivity (Wildman–Crippen MR) is 51.9 cm³/mol. The Hall–Kier alpha value is -1.29. The van der Waals surface area contributed by atoms with E-state index in [0.29, 0.717) is 0 Å². The van der Waals surface area contributed by atoms with E-state index in [9.17, 15) is 4.79 Å².